The summed E-state index contributed by atoms with van der Waals surface area (Å²) in [6, 6.07) is 2.78. The number of carboxylic acid groups (broad SMARTS) is 1. The normalized spacial score (nSPS) is 18.4. The minimum Gasteiger partial charge on any atom is -0.477 e. The highest BCUT2D eigenvalue weighted by molar-refractivity contribution is 5.85. The Labute approximate surface area is 84.2 Å². The second-order valence-corrected chi connectivity index (χ2v) is 3.42. The predicted molar refractivity (Wildman–Crippen MR) is 48.4 cm³/mol. The zero-order valence-corrected chi connectivity index (χ0v) is 7.65. The molecule has 0 aliphatic carbocycles. The Hall–Kier alpha value is -1.72. The van der Waals surface area contributed by atoms with Gasteiger partial charge in [-0.15, -0.1) is 0 Å². The van der Waals surface area contributed by atoms with E-state index in [4.69, 9.17) is 5.11 Å². The molecule has 4 nitrogen and oxygen atoms in total. The molecule has 1 aliphatic heterocycles. The average molecular weight is 214 g/mol. The van der Waals surface area contributed by atoms with Gasteiger partial charge < -0.3 is 10.0 Å². The van der Waals surface area contributed by atoms with Crippen molar-refractivity contribution in [3.05, 3.63) is 24.0 Å². The van der Waals surface area contributed by atoms with Crippen molar-refractivity contribution >= 4 is 11.7 Å². The summed E-state index contributed by atoms with van der Waals surface area (Å²) in [7, 11) is 0. The van der Waals surface area contributed by atoms with Crippen LogP contribution in [0.4, 0.5) is 14.5 Å². The SMILES string of the molecule is O=C(O)c1ccc(N2CC(F)(F)C2)cn1. The highest BCUT2D eigenvalue weighted by atomic mass is 19.3. The molecule has 0 amide bonds. The highest BCUT2D eigenvalue weighted by Gasteiger charge is 2.43. The molecule has 1 saturated heterocycles. The van der Waals surface area contributed by atoms with Crippen LogP contribution in [-0.4, -0.2) is 35.1 Å². The molecule has 0 radical (unpaired) electrons. The van der Waals surface area contributed by atoms with Crippen molar-refractivity contribution in [2.75, 3.05) is 18.0 Å². The van der Waals surface area contributed by atoms with Crippen LogP contribution in [0.25, 0.3) is 0 Å². The largest absolute Gasteiger partial charge is 0.477 e. The number of anilines is 1. The number of halogens is 2. The van der Waals surface area contributed by atoms with Gasteiger partial charge in [0, 0.05) is 0 Å². The Morgan fingerprint density at radius 1 is 1.47 bits per heavy atom. The van der Waals surface area contributed by atoms with Gasteiger partial charge in [-0.05, 0) is 12.1 Å². The topological polar surface area (TPSA) is 53.4 Å². The van der Waals surface area contributed by atoms with Gasteiger partial charge in [0.2, 0.25) is 0 Å². The van der Waals surface area contributed by atoms with Crippen molar-refractivity contribution in [2.24, 2.45) is 0 Å². The van der Waals surface area contributed by atoms with E-state index < -0.39 is 11.9 Å². The van der Waals surface area contributed by atoms with Gasteiger partial charge in [0.15, 0.2) is 0 Å². The molecule has 6 heteroatoms. The van der Waals surface area contributed by atoms with Crippen LogP contribution in [0.15, 0.2) is 18.3 Å². The van der Waals surface area contributed by atoms with Crippen LogP contribution in [0.1, 0.15) is 10.5 Å². The van der Waals surface area contributed by atoms with Gasteiger partial charge >= 0.3 is 5.97 Å². The summed E-state index contributed by atoms with van der Waals surface area (Å²) >= 11 is 0. The van der Waals surface area contributed by atoms with E-state index in [-0.39, 0.29) is 18.8 Å². The number of hydrogen-bond acceptors (Lipinski definition) is 3. The van der Waals surface area contributed by atoms with Crippen LogP contribution in [0.5, 0.6) is 0 Å². The van der Waals surface area contributed by atoms with Crippen LogP contribution in [0.3, 0.4) is 0 Å². The van der Waals surface area contributed by atoms with E-state index in [0.29, 0.717) is 5.69 Å². The standard InChI is InChI=1S/C9H8F2N2O2/c10-9(11)4-13(5-9)6-1-2-7(8(14)15)12-3-6/h1-3H,4-5H2,(H,14,15). The molecule has 15 heavy (non-hydrogen) atoms. The van der Waals surface area contributed by atoms with Crippen LogP contribution >= 0.6 is 0 Å². The van der Waals surface area contributed by atoms with Crippen molar-refractivity contribution < 1.29 is 18.7 Å². The summed E-state index contributed by atoms with van der Waals surface area (Å²) in [6.07, 6.45) is 1.29. The van der Waals surface area contributed by atoms with E-state index >= 15 is 0 Å². The summed E-state index contributed by atoms with van der Waals surface area (Å²) < 4.78 is 25.1. The van der Waals surface area contributed by atoms with Gasteiger partial charge in [0.25, 0.3) is 5.92 Å². The molecule has 0 unspecified atom stereocenters. The molecule has 0 aromatic carbocycles. The maximum atomic E-state index is 12.5. The smallest absolute Gasteiger partial charge is 0.354 e. The Bertz CT molecular complexity index is 384. The first-order valence-corrected chi connectivity index (χ1v) is 4.30. The molecule has 2 rings (SSSR count). The second kappa shape index (κ2) is 3.15. The average Bonchev–Trinajstić information content (AvgIpc) is 2.14. The first-order chi connectivity index (χ1) is 6.98. The number of pyridine rings is 1. The summed E-state index contributed by atoms with van der Waals surface area (Å²) in [4.78, 5) is 15.6. The molecule has 0 atom stereocenters. The number of hydrogen-bond donors (Lipinski definition) is 1. The van der Waals surface area contributed by atoms with Gasteiger partial charge in [-0.25, -0.2) is 18.6 Å². The maximum absolute atomic E-state index is 12.5. The number of aromatic carboxylic acids is 1. The van der Waals surface area contributed by atoms with Crippen molar-refractivity contribution in [2.45, 2.75) is 5.92 Å². The fraction of sp³-hybridized carbons (Fsp3) is 0.333. The fourth-order valence-electron chi connectivity index (χ4n) is 1.39. The summed E-state index contributed by atoms with van der Waals surface area (Å²) in [5.41, 5.74) is 0.428. The minimum absolute atomic E-state index is 0.0916. The number of nitrogens with zero attached hydrogens (tertiary/aromatic N) is 2. The molecule has 1 aliphatic rings. The number of alkyl halides is 2. The molecule has 1 N–H and O–H groups in total. The quantitative estimate of drug-likeness (QED) is 0.804. The predicted octanol–water partition coefficient (Wildman–Crippen LogP) is 1.24. The van der Waals surface area contributed by atoms with E-state index in [1.807, 2.05) is 0 Å². The molecule has 0 bridgehead atoms. The maximum Gasteiger partial charge on any atom is 0.354 e. The van der Waals surface area contributed by atoms with Gasteiger partial charge in [-0.2, -0.15) is 0 Å². The number of rotatable bonds is 2. The monoisotopic (exact) mass is 214 g/mol. The number of carbonyl (C=O) groups is 1. The van der Waals surface area contributed by atoms with Crippen molar-refractivity contribution in [3.8, 4) is 0 Å². The van der Waals surface area contributed by atoms with Crippen LogP contribution < -0.4 is 4.90 Å². The van der Waals surface area contributed by atoms with Crippen LogP contribution in [-0.2, 0) is 0 Å². The molecule has 0 saturated carbocycles. The van der Waals surface area contributed by atoms with Crippen molar-refractivity contribution in [1.29, 1.82) is 0 Å². The second-order valence-electron chi connectivity index (χ2n) is 3.42. The lowest BCUT2D eigenvalue weighted by atomic mass is 10.1. The zero-order chi connectivity index (χ0) is 11.1. The minimum atomic E-state index is -2.63. The lowest BCUT2D eigenvalue weighted by molar-refractivity contribution is -0.0263. The molecule has 0 spiro atoms. The lowest BCUT2D eigenvalue weighted by Gasteiger charge is -2.40. The number of aromatic nitrogens is 1. The Morgan fingerprint density at radius 3 is 2.53 bits per heavy atom. The molecule has 1 fully saturated rings. The molecule has 1 aromatic rings. The summed E-state index contributed by atoms with van der Waals surface area (Å²) in [5.74, 6) is -3.76. The Morgan fingerprint density at radius 2 is 2.13 bits per heavy atom. The Kier molecular flexibility index (Phi) is 2.06. The third-order valence-corrected chi connectivity index (χ3v) is 2.18. The Balaban J connectivity index is 2.09. The fourth-order valence-corrected chi connectivity index (χ4v) is 1.39. The molecular formula is C9H8F2N2O2. The molecule has 80 valence electrons. The van der Waals surface area contributed by atoms with E-state index in [1.54, 1.807) is 0 Å². The first-order valence-electron chi connectivity index (χ1n) is 4.30. The van der Waals surface area contributed by atoms with Gasteiger partial charge in [-0.1, -0.05) is 0 Å². The zero-order valence-electron chi connectivity index (χ0n) is 7.65. The first kappa shape index (κ1) is 9.82. The molecule has 2 heterocycles. The lowest BCUT2D eigenvalue weighted by Crippen LogP contribution is -2.56. The van der Waals surface area contributed by atoms with Crippen molar-refractivity contribution in [1.82, 2.24) is 4.98 Å². The third kappa shape index (κ3) is 1.88. The third-order valence-electron chi connectivity index (χ3n) is 2.18. The van der Waals surface area contributed by atoms with Crippen LogP contribution in [0, 0.1) is 0 Å². The van der Waals surface area contributed by atoms with E-state index in [2.05, 4.69) is 4.98 Å². The van der Waals surface area contributed by atoms with Gasteiger partial charge in [0.05, 0.1) is 25.0 Å². The van der Waals surface area contributed by atoms with Gasteiger partial charge in [0.1, 0.15) is 5.69 Å². The summed E-state index contributed by atoms with van der Waals surface area (Å²) in [6.45, 7) is -0.664. The summed E-state index contributed by atoms with van der Waals surface area (Å²) in [5, 5.41) is 8.57. The van der Waals surface area contributed by atoms with E-state index in [1.165, 1.54) is 23.2 Å². The van der Waals surface area contributed by atoms with Crippen LogP contribution in [0.2, 0.25) is 0 Å². The van der Waals surface area contributed by atoms with E-state index in [9.17, 15) is 13.6 Å². The molecular weight excluding hydrogens is 206 g/mol. The number of carboxylic acids is 1. The van der Waals surface area contributed by atoms with Gasteiger partial charge in [-0.3, -0.25) is 0 Å². The highest BCUT2D eigenvalue weighted by Crippen LogP contribution is 2.31. The van der Waals surface area contributed by atoms with E-state index in [0.717, 1.165) is 0 Å². The van der Waals surface area contributed by atoms with Crippen molar-refractivity contribution in [3.63, 3.8) is 0 Å². The molecule has 1 aromatic heterocycles.